The Morgan fingerprint density at radius 1 is 1.29 bits per heavy atom. The number of hydrogen-bond acceptors (Lipinski definition) is 2. The van der Waals surface area contributed by atoms with Crippen molar-refractivity contribution in [3.8, 4) is 0 Å². The van der Waals surface area contributed by atoms with Crippen LogP contribution in [-0.2, 0) is 4.74 Å². The second kappa shape index (κ2) is 7.24. The van der Waals surface area contributed by atoms with Crippen molar-refractivity contribution in [2.45, 2.75) is 52.0 Å². The second-order valence-electron chi connectivity index (χ2n) is 4.37. The Hall–Kier alpha value is -0.0800. The van der Waals surface area contributed by atoms with E-state index in [1.54, 1.807) is 0 Å². The summed E-state index contributed by atoms with van der Waals surface area (Å²) in [6.07, 6.45) is 7.10. The second-order valence-corrected chi connectivity index (χ2v) is 4.37. The Morgan fingerprint density at radius 3 is 2.36 bits per heavy atom. The Balaban J connectivity index is 0.000000146. The average Bonchev–Trinajstić information content (AvgIpc) is 3.05. The first kappa shape index (κ1) is 12.0. The SMILES string of the molecule is CCC1COCCN1.CCCC1CC1. The number of rotatable bonds is 3. The highest BCUT2D eigenvalue weighted by atomic mass is 16.5. The van der Waals surface area contributed by atoms with Crippen LogP contribution >= 0.6 is 0 Å². The summed E-state index contributed by atoms with van der Waals surface area (Å²) in [5.41, 5.74) is 0. The van der Waals surface area contributed by atoms with Gasteiger partial charge in [-0.3, -0.25) is 0 Å². The molecule has 84 valence electrons. The van der Waals surface area contributed by atoms with Gasteiger partial charge in [0, 0.05) is 12.6 Å². The minimum atomic E-state index is 0.615. The summed E-state index contributed by atoms with van der Waals surface area (Å²) >= 11 is 0. The zero-order valence-corrected chi connectivity index (χ0v) is 9.72. The van der Waals surface area contributed by atoms with Crippen molar-refractivity contribution in [1.29, 1.82) is 0 Å². The molecule has 1 saturated carbocycles. The molecule has 1 heterocycles. The first-order chi connectivity index (χ1) is 6.86. The monoisotopic (exact) mass is 199 g/mol. The number of hydrogen-bond donors (Lipinski definition) is 1. The van der Waals surface area contributed by atoms with Crippen molar-refractivity contribution in [2.75, 3.05) is 19.8 Å². The number of nitrogens with one attached hydrogen (secondary N) is 1. The molecule has 2 heteroatoms. The minimum absolute atomic E-state index is 0.615. The van der Waals surface area contributed by atoms with Crippen molar-refractivity contribution >= 4 is 0 Å². The van der Waals surface area contributed by atoms with E-state index in [2.05, 4.69) is 19.2 Å². The third kappa shape index (κ3) is 5.61. The molecule has 0 aromatic rings. The quantitative estimate of drug-likeness (QED) is 0.754. The fourth-order valence-electron chi connectivity index (χ4n) is 1.70. The van der Waals surface area contributed by atoms with Crippen LogP contribution in [0.5, 0.6) is 0 Å². The number of ether oxygens (including phenoxy) is 1. The van der Waals surface area contributed by atoms with E-state index in [4.69, 9.17) is 4.74 Å². The molecular formula is C12H25NO. The lowest BCUT2D eigenvalue weighted by atomic mass is 10.2. The lowest BCUT2D eigenvalue weighted by Crippen LogP contribution is -2.40. The van der Waals surface area contributed by atoms with E-state index in [1.165, 1.54) is 32.1 Å². The average molecular weight is 199 g/mol. The molecule has 1 saturated heterocycles. The van der Waals surface area contributed by atoms with Gasteiger partial charge in [0.2, 0.25) is 0 Å². The fraction of sp³-hybridized carbons (Fsp3) is 1.00. The largest absolute Gasteiger partial charge is 0.379 e. The highest BCUT2D eigenvalue weighted by molar-refractivity contribution is 4.71. The molecule has 14 heavy (non-hydrogen) atoms. The van der Waals surface area contributed by atoms with Crippen LogP contribution in [0.4, 0.5) is 0 Å². The van der Waals surface area contributed by atoms with Crippen LogP contribution in [0.2, 0.25) is 0 Å². The van der Waals surface area contributed by atoms with Crippen LogP contribution in [0.25, 0.3) is 0 Å². The smallest absolute Gasteiger partial charge is 0.0620 e. The predicted octanol–water partition coefficient (Wildman–Crippen LogP) is 2.58. The van der Waals surface area contributed by atoms with Crippen molar-refractivity contribution in [2.24, 2.45) is 5.92 Å². The summed E-state index contributed by atoms with van der Waals surface area (Å²) in [5, 5.41) is 3.34. The van der Waals surface area contributed by atoms with E-state index < -0.39 is 0 Å². The molecule has 0 spiro atoms. The molecule has 0 bridgehead atoms. The Bertz CT molecular complexity index is 128. The third-order valence-electron chi connectivity index (χ3n) is 2.89. The lowest BCUT2D eigenvalue weighted by Gasteiger charge is -2.21. The van der Waals surface area contributed by atoms with Gasteiger partial charge in [0.15, 0.2) is 0 Å². The standard InChI is InChI=1S/C6H13NO.C6H12/c1-2-6-5-8-4-3-7-6;1-2-3-6-4-5-6/h6-7H,2-5H2,1H3;6H,2-5H2,1H3. The van der Waals surface area contributed by atoms with Gasteiger partial charge in [0.05, 0.1) is 13.2 Å². The Morgan fingerprint density at radius 2 is 2.07 bits per heavy atom. The fourth-order valence-corrected chi connectivity index (χ4v) is 1.70. The molecule has 1 N–H and O–H groups in total. The number of morpholine rings is 1. The topological polar surface area (TPSA) is 21.3 Å². The summed E-state index contributed by atoms with van der Waals surface area (Å²) in [7, 11) is 0. The maximum absolute atomic E-state index is 5.21. The van der Waals surface area contributed by atoms with Gasteiger partial charge in [-0.2, -0.15) is 0 Å². The molecule has 1 aliphatic heterocycles. The Labute approximate surface area is 88.4 Å². The molecule has 0 amide bonds. The molecule has 1 atom stereocenters. The van der Waals surface area contributed by atoms with E-state index in [0.29, 0.717) is 6.04 Å². The van der Waals surface area contributed by atoms with Gasteiger partial charge >= 0.3 is 0 Å². The lowest BCUT2D eigenvalue weighted by molar-refractivity contribution is 0.0758. The minimum Gasteiger partial charge on any atom is -0.379 e. The highest BCUT2D eigenvalue weighted by Crippen LogP contribution is 2.32. The summed E-state index contributed by atoms with van der Waals surface area (Å²) in [4.78, 5) is 0. The zero-order chi connectivity index (χ0) is 10.2. The van der Waals surface area contributed by atoms with Gasteiger partial charge in [-0.05, 0) is 12.3 Å². The van der Waals surface area contributed by atoms with Gasteiger partial charge in [0.1, 0.15) is 0 Å². The predicted molar refractivity (Wildman–Crippen MR) is 60.5 cm³/mol. The van der Waals surface area contributed by atoms with Crippen LogP contribution < -0.4 is 5.32 Å². The maximum Gasteiger partial charge on any atom is 0.0620 e. The third-order valence-corrected chi connectivity index (χ3v) is 2.89. The van der Waals surface area contributed by atoms with E-state index >= 15 is 0 Å². The molecule has 2 nitrogen and oxygen atoms in total. The molecule has 2 rings (SSSR count). The molecule has 0 aromatic heterocycles. The zero-order valence-electron chi connectivity index (χ0n) is 9.72. The molecule has 1 aliphatic carbocycles. The van der Waals surface area contributed by atoms with Crippen LogP contribution in [0, 0.1) is 5.92 Å². The van der Waals surface area contributed by atoms with Crippen molar-refractivity contribution < 1.29 is 4.74 Å². The summed E-state index contributed by atoms with van der Waals surface area (Å²) in [6, 6.07) is 0.615. The van der Waals surface area contributed by atoms with Gasteiger partial charge in [-0.15, -0.1) is 0 Å². The molecular weight excluding hydrogens is 174 g/mol. The van der Waals surface area contributed by atoms with Crippen LogP contribution in [0.3, 0.4) is 0 Å². The van der Waals surface area contributed by atoms with Gasteiger partial charge in [-0.25, -0.2) is 0 Å². The van der Waals surface area contributed by atoms with E-state index in [9.17, 15) is 0 Å². The Kier molecular flexibility index (Phi) is 6.20. The van der Waals surface area contributed by atoms with Crippen molar-refractivity contribution in [1.82, 2.24) is 5.32 Å². The van der Waals surface area contributed by atoms with Crippen LogP contribution in [0.1, 0.15) is 46.0 Å². The normalized spacial score (nSPS) is 26.6. The van der Waals surface area contributed by atoms with E-state index in [1.807, 2.05) is 0 Å². The van der Waals surface area contributed by atoms with Crippen LogP contribution in [0.15, 0.2) is 0 Å². The first-order valence-electron chi connectivity index (χ1n) is 6.18. The van der Waals surface area contributed by atoms with Gasteiger partial charge in [0.25, 0.3) is 0 Å². The van der Waals surface area contributed by atoms with Crippen LogP contribution in [-0.4, -0.2) is 25.8 Å². The maximum atomic E-state index is 5.21. The summed E-state index contributed by atoms with van der Waals surface area (Å²) in [6.45, 7) is 7.25. The molecule has 0 radical (unpaired) electrons. The van der Waals surface area contributed by atoms with Gasteiger partial charge in [-0.1, -0.05) is 39.5 Å². The molecule has 0 aromatic carbocycles. The molecule has 1 unspecified atom stereocenters. The summed E-state index contributed by atoms with van der Waals surface area (Å²) < 4.78 is 5.21. The molecule has 2 fully saturated rings. The molecule has 2 aliphatic rings. The van der Waals surface area contributed by atoms with E-state index in [-0.39, 0.29) is 0 Å². The highest BCUT2D eigenvalue weighted by Gasteiger charge is 2.18. The van der Waals surface area contributed by atoms with Gasteiger partial charge < -0.3 is 10.1 Å². The first-order valence-corrected chi connectivity index (χ1v) is 6.18. The summed E-state index contributed by atoms with van der Waals surface area (Å²) in [5.74, 6) is 1.15. The van der Waals surface area contributed by atoms with Crippen molar-refractivity contribution in [3.05, 3.63) is 0 Å². The van der Waals surface area contributed by atoms with E-state index in [0.717, 1.165) is 25.7 Å². The van der Waals surface area contributed by atoms with Crippen molar-refractivity contribution in [3.63, 3.8) is 0 Å².